The highest BCUT2D eigenvalue weighted by atomic mass is 16.3. The Morgan fingerprint density at radius 3 is 2.73 bits per heavy atom. The van der Waals surface area contributed by atoms with Crippen molar-refractivity contribution in [2.24, 2.45) is 11.8 Å². The summed E-state index contributed by atoms with van der Waals surface area (Å²) in [6, 6.07) is 9.83. The van der Waals surface area contributed by atoms with E-state index in [4.69, 9.17) is 4.42 Å². The maximum Gasteiger partial charge on any atom is 0.276 e. The van der Waals surface area contributed by atoms with E-state index in [1.54, 1.807) is 17.2 Å². The van der Waals surface area contributed by atoms with Gasteiger partial charge in [-0.1, -0.05) is 38.8 Å². The number of nitrogens with one attached hydrogen (secondary N) is 1. The number of carbonyl (C=O) groups is 2. The van der Waals surface area contributed by atoms with Crippen LogP contribution in [0.25, 0.3) is 11.1 Å². The summed E-state index contributed by atoms with van der Waals surface area (Å²) in [6.45, 7) is 10.8. The molecule has 5 rings (SSSR count). The van der Waals surface area contributed by atoms with Gasteiger partial charge < -0.3 is 14.3 Å². The van der Waals surface area contributed by atoms with Crippen LogP contribution in [-0.2, 0) is 11.3 Å². The predicted octanol–water partition coefficient (Wildman–Crippen LogP) is 5.21. The monoisotopic (exact) mass is 447 g/mol. The molecule has 6 nitrogen and oxygen atoms in total. The van der Waals surface area contributed by atoms with Gasteiger partial charge in [-0.05, 0) is 56.2 Å². The van der Waals surface area contributed by atoms with Gasteiger partial charge in [0.1, 0.15) is 11.2 Å². The molecule has 1 aliphatic heterocycles. The van der Waals surface area contributed by atoms with E-state index in [-0.39, 0.29) is 17.9 Å². The maximum atomic E-state index is 14.0. The van der Waals surface area contributed by atoms with Crippen molar-refractivity contribution in [3.05, 3.63) is 53.4 Å². The molecule has 0 bridgehead atoms. The summed E-state index contributed by atoms with van der Waals surface area (Å²) in [5, 5.41) is 3.36. The number of nitrogens with zero attached hydrogens (tertiary/aromatic N) is 2. The Hall–Kier alpha value is -3.02. The molecule has 1 saturated carbocycles. The Morgan fingerprint density at radius 2 is 1.94 bits per heavy atom. The van der Waals surface area contributed by atoms with E-state index in [9.17, 15) is 9.59 Å². The first-order valence-corrected chi connectivity index (χ1v) is 12.0. The zero-order chi connectivity index (χ0) is 23.5. The molecule has 0 radical (unpaired) electrons. The molecule has 2 amide bonds. The normalized spacial score (nSPS) is 27.6. The van der Waals surface area contributed by atoms with Crippen LogP contribution in [0.15, 0.2) is 41.0 Å². The Morgan fingerprint density at radius 1 is 1.15 bits per heavy atom. The van der Waals surface area contributed by atoms with E-state index in [2.05, 4.69) is 19.2 Å². The van der Waals surface area contributed by atoms with Crippen LogP contribution in [0.3, 0.4) is 0 Å². The second kappa shape index (κ2) is 7.79. The summed E-state index contributed by atoms with van der Waals surface area (Å²) in [7, 11) is 0. The summed E-state index contributed by atoms with van der Waals surface area (Å²) >= 11 is 0. The van der Waals surface area contributed by atoms with Gasteiger partial charge in [0.05, 0.1) is 18.3 Å². The van der Waals surface area contributed by atoms with E-state index < -0.39 is 5.54 Å². The van der Waals surface area contributed by atoms with Crippen LogP contribution in [0.1, 0.15) is 61.6 Å². The Bertz CT molecular complexity index is 1240. The fourth-order valence-electron chi connectivity index (χ4n) is 5.66. The van der Waals surface area contributed by atoms with Crippen molar-refractivity contribution in [1.29, 1.82) is 0 Å². The summed E-state index contributed by atoms with van der Waals surface area (Å²) < 4.78 is 7.53. The fraction of sp³-hybridized carbons (Fsp3) is 0.481. The van der Waals surface area contributed by atoms with E-state index in [0.29, 0.717) is 29.7 Å². The highest BCUT2D eigenvalue weighted by Crippen LogP contribution is 2.38. The van der Waals surface area contributed by atoms with Gasteiger partial charge >= 0.3 is 0 Å². The highest BCUT2D eigenvalue weighted by Gasteiger charge is 2.50. The van der Waals surface area contributed by atoms with Gasteiger partial charge in [0.25, 0.3) is 5.91 Å². The largest absolute Gasteiger partial charge is 0.463 e. The molecule has 174 valence electrons. The summed E-state index contributed by atoms with van der Waals surface area (Å²) in [4.78, 5) is 29.7. The van der Waals surface area contributed by atoms with Gasteiger partial charge in [-0.3, -0.25) is 14.5 Å². The molecule has 4 atom stereocenters. The average Bonchev–Trinajstić information content (AvgIpc) is 3.36. The minimum atomic E-state index is -1.08. The zero-order valence-electron chi connectivity index (χ0n) is 20.1. The number of carbonyl (C=O) groups excluding carboxylic acids is 2. The number of amides is 2. The van der Waals surface area contributed by atoms with Crippen molar-refractivity contribution in [3.8, 4) is 0 Å². The summed E-state index contributed by atoms with van der Waals surface area (Å²) in [5.41, 5.74) is 3.79. The summed E-state index contributed by atoms with van der Waals surface area (Å²) in [5.74, 6) is 0.701. The van der Waals surface area contributed by atoms with Gasteiger partial charge in [0.15, 0.2) is 5.58 Å². The SMILES string of the molecule is Cc1ccc(C)c(N2C(=O)c3cc4occc4n3C[C@]2(C)C(=O)N[C@@H]2CCC[C@H](C)[C@H]2C)c1. The number of fused-ring (bicyclic) bond motifs is 3. The zero-order valence-corrected chi connectivity index (χ0v) is 20.1. The lowest BCUT2D eigenvalue weighted by Gasteiger charge is -2.46. The fourth-order valence-corrected chi connectivity index (χ4v) is 5.66. The van der Waals surface area contributed by atoms with E-state index in [0.717, 1.165) is 35.2 Å². The molecule has 33 heavy (non-hydrogen) atoms. The Kier molecular flexibility index (Phi) is 5.15. The minimum absolute atomic E-state index is 0.0984. The first-order chi connectivity index (χ1) is 15.7. The molecule has 0 spiro atoms. The first-order valence-electron chi connectivity index (χ1n) is 12.0. The molecule has 1 aromatic carbocycles. The van der Waals surface area contributed by atoms with Crippen LogP contribution < -0.4 is 10.2 Å². The van der Waals surface area contributed by atoms with Crippen LogP contribution in [-0.4, -0.2) is 28.0 Å². The number of furan rings is 1. The Labute approximate surface area is 194 Å². The van der Waals surface area contributed by atoms with Crippen molar-refractivity contribution in [3.63, 3.8) is 0 Å². The number of anilines is 1. The third kappa shape index (κ3) is 3.38. The van der Waals surface area contributed by atoms with Gasteiger partial charge in [-0.25, -0.2) is 0 Å². The molecule has 2 aliphatic rings. The highest BCUT2D eigenvalue weighted by molar-refractivity contribution is 6.14. The smallest absolute Gasteiger partial charge is 0.276 e. The molecule has 1 fully saturated rings. The van der Waals surface area contributed by atoms with Crippen molar-refractivity contribution in [1.82, 2.24) is 9.88 Å². The van der Waals surface area contributed by atoms with Crippen LogP contribution in [0, 0.1) is 25.7 Å². The van der Waals surface area contributed by atoms with Crippen LogP contribution in [0.4, 0.5) is 5.69 Å². The van der Waals surface area contributed by atoms with Gasteiger partial charge in [-0.15, -0.1) is 0 Å². The van der Waals surface area contributed by atoms with Crippen LogP contribution >= 0.6 is 0 Å². The standard InChI is InChI=1S/C27H33N3O3/c1-16-9-10-18(3)22(13-16)30-25(31)23-14-24-21(11-12-33-24)29(23)15-27(30,5)26(32)28-20-8-6-7-17(2)19(20)4/h9-14,17,19-20H,6-8,15H2,1-5H3,(H,28,32)/t17-,19+,20+,27+/m0/s1. The average molecular weight is 448 g/mol. The molecule has 3 aromatic rings. The second-order valence-electron chi connectivity index (χ2n) is 10.3. The van der Waals surface area contributed by atoms with Crippen LogP contribution in [0.5, 0.6) is 0 Å². The van der Waals surface area contributed by atoms with Crippen molar-refractivity contribution >= 4 is 28.6 Å². The number of aromatic nitrogens is 1. The molecule has 0 saturated heterocycles. The quantitative estimate of drug-likeness (QED) is 0.599. The molecular formula is C27H33N3O3. The number of rotatable bonds is 3. The van der Waals surface area contributed by atoms with Crippen molar-refractivity contribution < 1.29 is 14.0 Å². The molecule has 2 aromatic heterocycles. The van der Waals surface area contributed by atoms with E-state index >= 15 is 0 Å². The molecule has 6 heteroatoms. The number of benzene rings is 1. The van der Waals surface area contributed by atoms with Crippen molar-refractivity contribution in [2.45, 2.75) is 72.0 Å². The molecular weight excluding hydrogens is 414 g/mol. The van der Waals surface area contributed by atoms with Gasteiger partial charge in [0, 0.05) is 23.9 Å². The minimum Gasteiger partial charge on any atom is -0.463 e. The third-order valence-corrected chi connectivity index (χ3v) is 8.02. The maximum absolute atomic E-state index is 14.0. The van der Waals surface area contributed by atoms with E-state index in [1.807, 2.05) is 49.6 Å². The van der Waals surface area contributed by atoms with Crippen molar-refractivity contribution in [2.75, 3.05) is 4.90 Å². The molecule has 1 N–H and O–H groups in total. The molecule has 1 aliphatic carbocycles. The Balaban J connectivity index is 1.61. The molecule has 3 heterocycles. The lowest BCUT2D eigenvalue weighted by Crippen LogP contribution is -2.66. The lowest BCUT2D eigenvalue weighted by atomic mass is 9.77. The van der Waals surface area contributed by atoms with Gasteiger partial charge in [0.2, 0.25) is 5.91 Å². The first kappa shape index (κ1) is 21.8. The summed E-state index contributed by atoms with van der Waals surface area (Å²) in [6.07, 6.45) is 4.92. The third-order valence-electron chi connectivity index (χ3n) is 8.02. The number of aryl methyl sites for hydroxylation is 2. The predicted molar refractivity (Wildman–Crippen MR) is 129 cm³/mol. The van der Waals surface area contributed by atoms with E-state index in [1.165, 1.54) is 6.42 Å². The molecule has 0 unspecified atom stereocenters. The lowest BCUT2D eigenvalue weighted by molar-refractivity contribution is -0.128. The number of hydrogen-bond donors (Lipinski definition) is 1. The second-order valence-corrected chi connectivity index (χ2v) is 10.3. The van der Waals surface area contributed by atoms with Gasteiger partial charge in [-0.2, -0.15) is 0 Å². The number of hydrogen-bond acceptors (Lipinski definition) is 3. The topological polar surface area (TPSA) is 67.5 Å². The van der Waals surface area contributed by atoms with Crippen LogP contribution in [0.2, 0.25) is 0 Å².